The highest BCUT2D eigenvalue weighted by Crippen LogP contribution is 2.38. The maximum Gasteiger partial charge on any atom is 0.0889 e. The van der Waals surface area contributed by atoms with Crippen molar-refractivity contribution in [1.29, 1.82) is 0 Å². The van der Waals surface area contributed by atoms with Gasteiger partial charge in [0.2, 0.25) is 0 Å². The molecule has 0 spiro atoms. The van der Waals surface area contributed by atoms with Crippen molar-refractivity contribution in [3.8, 4) is 0 Å². The first-order valence-corrected chi connectivity index (χ1v) is 4.61. The summed E-state index contributed by atoms with van der Waals surface area (Å²) < 4.78 is 0. The molecule has 1 aliphatic rings. The largest absolute Gasteiger partial charge is 0.385 e. The van der Waals surface area contributed by atoms with Crippen LogP contribution in [-0.2, 0) is 0 Å². The van der Waals surface area contributed by atoms with E-state index in [1.54, 1.807) is 6.08 Å². The Hall–Kier alpha value is -0.560. The van der Waals surface area contributed by atoms with E-state index in [1.807, 2.05) is 6.92 Å². The minimum atomic E-state index is -0.677. The summed E-state index contributed by atoms with van der Waals surface area (Å²) in [7, 11) is 0. The maximum atomic E-state index is 10.1. The number of aliphatic hydroxyl groups is 1. The number of hydrogen-bond acceptors (Lipinski definition) is 1. The Morgan fingerprint density at radius 2 is 2.25 bits per heavy atom. The summed E-state index contributed by atoms with van der Waals surface area (Å²) in [6.07, 6.45) is 5.89. The molecule has 2 atom stereocenters. The van der Waals surface area contributed by atoms with Crippen molar-refractivity contribution in [2.75, 3.05) is 0 Å². The third-order valence-electron chi connectivity index (χ3n) is 2.87. The summed E-state index contributed by atoms with van der Waals surface area (Å²) in [6, 6.07) is 0. The summed E-state index contributed by atoms with van der Waals surface area (Å²) in [4.78, 5) is 0. The molecule has 0 heterocycles. The molecule has 0 aromatic heterocycles. The molecule has 1 heteroatoms. The van der Waals surface area contributed by atoms with E-state index in [4.69, 9.17) is 0 Å². The second-order valence-electron chi connectivity index (χ2n) is 3.84. The predicted octanol–water partition coefficient (Wildman–Crippen LogP) is 2.67. The lowest BCUT2D eigenvalue weighted by atomic mass is 9.72. The van der Waals surface area contributed by atoms with Crippen LogP contribution in [-0.4, -0.2) is 10.7 Å². The van der Waals surface area contributed by atoms with Crippen LogP contribution in [0, 0.1) is 5.92 Å². The average Bonchev–Trinajstić information content (AvgIpc) is 2.05. The molecule has 0 bridgehead atoms. The third-order valence-corrected chi connectivity index (χ3v) is 2.87. The summed E-state index contributed by atoms with van der Waals surface area (Å²) in [5.74, 6) is 0.226. The van der Waals surface area contributed by atoms with Crippen LogP contribution in [0.1, 0.15) is 32.6 Å². The molecule has 1 fully saturated rings. The average molecular weight is 166 g/mol. The number of rotatable bonds is 2. The van der Waals surface area contributed by atoms with E-state index in [0.29, 0.717) is 0 Å². The van der Waals surface area contributed by atoms with Gasteiger partial charge in [0.25, 0.3) is 0 Å². The molecule has 12 heavy (non-hydrogen) atoms. The predicted molar refractivity (Wildman–Crippen MR) is 51.9 cm³/mol. The first kappa shape index (κ1) is 9.53. The molecule has 1 saturated carbocycles. The van der Waals surface area contributed by atoms with Crippen molar-refractivity contribution in [2.45, 2.75) is 38.2 Å². The summed E-state index contributed by atoms with van der Waals surface area (Å²) in [5.41, 5.74) is 0.404. The first-order chi connectivity index (χ1) is 5.60. The van der Waals surface area contributed by atoms with Gasteiger partial charge in [0.05, 0.1) is 5.60 Å². The summed E-state index contributed by atoms with van der Waals surface area (Å²) >= 11 is 0. The Bertz CT molecular complexity index is 195. The topological polar surface area (TPSA) is 20.2 Å². The minimum Gasteiger partial charge on any atom is -0.385 e. The van der Waals surface area contributed by atoms with Crippen LogP contribution in [0.25, 0.3) is 0 Å². The second kappa shape index (κ2) is 3.44. The van der Waals surface area contributed by atoms with E-state index in [1.165, 1.54) is 6.42 Å². The molecule has 0 aliphatic heterocycles. The van der Waals surface area contributed by atoms with Crippen molar-refractivity contribution < 1.29 is 5.11 Å². The fraction of sp³-hybridized carbons (Fsp3) is 0.636. The molecule has 0 unspecified atom stereocenters. The monoisotopic (exact) mass is 166 g/mol. The van der Waals surface area contributed by atoms with E-state index in [-0.39, 0.29) is 5.92 Å². The zero-order valence-electron chi connectivity index (χ0n) is 7.84. The van der Waals surface area contributed by atoms with E-state index in [2.05, 4.69) is 13.2 Å². The van der Waals surface area contributed by atoms with Crippen molar-refractivity contribution in [2.24, 2.45) is 5.92 Å². The quantitative estimate of drug-likeness (QED) is 0.625. The van der Waals surface area contributed by atoms with E-state index < -0.39 is 5.60 Å². The fourth-order valence-corrected chi connectivity index (χ4v) is 2.10. The normalized spacial score (nSPS) is 36.0. The molecule has 0 aromatic carbocycles. The van der Waals surface area contributed by atoms with Crippen LogP contribution in [0.2, 0.25) is 0 Å². The van der Waals surface area contributed by atoms with Gasteiger partial charge in [0, 0.05) is 5.92 Å². The molecule has 0 amide bonds. The zero-order valence-corrected chi connectivity index (χ0v) is 7.84. The third kappa shape index (κ3) is 1.61. The van der Waals surface area contributed by atoms with Crippen LogP contribution in [0.5, 0.6) is 0 Å². The first-order valence-electron chi connectivity index (χ1n) is 4.61. The summed E-state index contributed by atoms with van der Waals surface area (Å²) in [6.45, 7) is 9.60. The smallest absolute Gasteiger partial charge is 0.0889 e. The molecule has 0 radical (unpaired) electrons. The minimum absolute atomic E-state index is 0.226. The SMILES string of the molecule is C=C[C@@]1(O)CCCC[C@@H]1C(=C)C. The lowest BCUT2D eigenvalue weighted by Crippen LogP contribution is -2.38. The Morgan fingerprint density at radius 3 is 2.67 bits per heavy atom. The van der Waals surface area contributed by atoms with E-state index >= 15 is 0 Å². The lowest BCUT2D eigenvalue weighted by Gasteiger charge is -2.38. The highest BCUT2D eigenvalue weighted by atomic mass is 16.3. The van der Waals surface area contributed by atoms with Gasteiger partial charge in [-0.1, -0.05) is 31.1 Å². The molecular weight excluding hydrogens is 148 g/mol. The molecule has 1 aliphatic carbocycles. The molecule has 68 valence electrons. The van der Waals surface area contributed by atoms with Gasteiger partial charge >= 0.3 is 0 Å². The second-order valence-corrected chi connectivity index (χ2v) is 3.84. The molecule has 0 aromatic rings. The highest BCUT2D eigenvalue weighted by Gasteiger charge is 2.36. The van der Waals surface area contributed by atoms with Gasteiger partial charge in [-0.05, 0) is 19.8 Å². The molecule has 0 saturated heterocycles. The van der Waals surface area contributed by atoms with E-state index in [9.17, 15) is 5.11 Å². The van der Waals surface area contributed by atoms with Crippen molar-refractivity contribution in [3.05, 3.63) is 24.8 Å². The van der Waals surface area contributed by atoms with Crippen LogP contribution in [0.4, 0.5) is 0 Å². The van der Waals surface area contributed by atoms with Gasteiger partial charge in [-0.25, -0.2) is 0 Å². The van der Waals surface area contributed by atoms with Crippen LogP contribution < -0.4 is 0 Å². The van der Waals surface area contributed by atoms with Gasteiger partial charge in [-0.15, -0.1) is 6.58 Å². The Labute approximate surface area is 74.8 Å². The van der Waals surface area contributed by atoms with Crippen molar-refractivity contribution >= 4 is 0 Å². The Morgan fingerprint density at radius 1 is 1.58 bits per heavy atom. The van der Waals surface area contributed by atoms with Gasteiger partial charge < -0.3 is 5.11 Å². The Balaban J connectivity index is 2.80. The van der Waals surface area contributed by atoms with Crippen LogP contribution in [0.3, 0.4) is 0 Å². The molecule has 1 rings (SSSR count). The summed E-state index contributed by atoms with van der Waals surface area (Å²) in [5, 5.41) is 10.1. The van der Waals surface area contributed by atoms with Gasteiger partial charge in [0.1, 0.15) is 0 Å². The lowest BCUT2D eigenvalue weighted by molar-refractivity contribution is 0.0115. The molecule has 1 N–H and O–H groups in total. The van der Waals surface area contributed by atoms with Gasteiger partial charge in [-0.3, -0.25) is 0 Å². The van der Waals surface area contributed by atoms with Crippen LogP contribution in [0.15, 0.2) is 24.8 Å². The van der Waals surface area contributed by atoms with Crippen LogP contribution >= 0.6 is 0 Å². The molecule has 1 nitrogen and oxygen atoms in total. The van der Waals surface area contributed by atoms with E-state index in [0.717, 1.165) is 24.8 Å². The van der Waals surface area contributed by atoms with Crippen molar-refractivity contribution in [1.82, 2.24) is 0 Å². The Kier molecular flexibility index (Phi) is 2.73. The van der Waals surface area contributed by atoms with Crippen molar-refractivity contribution in [3.63, 3.8) is 0 Å². The zero-order chi connectivity index (χ0) is 9.19. The van der Waals surface area contributed by atoms with Gasteiger partial charge in [0.15, 0.2) is 0 Å². The molecular formula is C11H18O. The fourth-order valence-electron chi connectivity index (χ4n) is 2.10. The highest BCUT2D eigenvalue weighted by molar-refractivity contribution is 5.13. The van der Waals surface area contributed by atoms with Gasteiger partial charge in [-0.2, -0.15) is 0 Å². The maximum absolute atomic E-state index is 10.1. The standard InChI is InChI=1S/C11H18O/c1-4-11(12)8-6-5-7-10(11)9(2)3/h4,10,12H,1-2,5-8H2,3H3/t10-,11-/m1/s1. The number of hydrogen-bond donors (Lipinski definition) is 1.